The summed E-state index contributed by atoms with van der Waals surface area (Å²) < 4.78 is 11.1. The van der Waals surface area contributed by atoms with Gasteiger partial charge >= 0.3 is 6.09 Å². The second-order valence-electron chi connectivity index (χ2n) is 7.15. The molecule has 3 rings (SSSR count). The molecule has 2 aromatic carbocycles. The van der Waals surface area contributed by atoms with Crippen LogP contribution in [-0.4, -0.2) is 36.2 Å². The summed E-state index contributed by atoms with van der Waals surface area (Å²) in [6, 6.07) is 13.9. The fourth-order valence-electron chi connectivity index (χ4n) is 3.80. The largest absolute Gasteiger partial charge is 0.448 e. The van der Waals surface area contributed by atoms with Crippen LogP contribution >= 0.6 is 23.2 Å². The average molecular weight is 451 g/mol. The Morgan fingerprint density at radius 2 is 1.70 bits per heavy atom. The Hall–Kier alpha value is -2.28. The fraction of sp³-hybridized carbons (Fsp3) is 0.364. The Balaban J connectivity index is 2.05. The van der Waals surface area contributed by atoms with Crippen molar-refractivity contribution in [3.8, 4) is 0 Å². The molecule has 1 fully saturated rings. The summed E-state index contributed by atoms with van der Waals surface area (Å²) in [6.07, 6.45) is 0.162. The zero-order chi connectivity index (χ0) is 21.7. The maximum Gasteiger partial charge on any atom is 0.404 e. The van der Waals surface area contributed by atoms with Crippen molar-refractivity contribution in [2.45, 2.75) is 38.0 Å². The summed E-state index contributed by atoms with van der Waals surface area (Å²) in [5, 5.41) is 1.21. The number of hydrogen-bond acceptors (Lipinski definition) is 4. The number of primary amides is 1. The molecule has 3 atom stereocenters. The van der Waals surface area contributed by atoms with Crippen molar-refractivity contribution < 1.29 is 19.1 Å². The summed E-state index contributed by atoms with van der Waals surface area (Å²) in [7, 11) is 0. The van der Waals surface area contributed by atoms with E-state index in [1.54, 1.807) is 29.2 Å². The van der Waals surface area contributed by atoms with Crippen LogP contribution in [0.1, 0.15) is 43.0 Å². The molecule has 1 heterocycles. The number of benzene rings is 2. The van der Waals surface area contributed by atoms with Crippen LogP contribution in [0.2, 0.25) is 10.0 Å². The number of carbonyl (C=O) groups excluding carboxylic acids is 2. The van der Waals surface area contributed by atoms with Crippen LogP contribution < -0.4 is 5.73 Å². The van der Waals surface area contributed by atoms with Crippen LogP contribution in [0.4, 0.5) is 4.79 Å². The van der Waals surface area contributed by atoms with E-state index < -0.39 is 18.2 Å². The highest BCUT2D eigenvalue weighted by Gasteiger charge is 2.42. The minimum Gasteiger partial charge on any atom is -0.448 e. The number of hydrogen-bond donors (Lipinski definition) is 1. The van der Waals surface area contributed by atoms with Crippen molar-refractivity contribution in [1.29, 1.82) is 0 Å². The molecule has 0 aromatic heterocycles. The fourth-order valence-corrected chi connectivity index (χ4v) is 4.05. The average Bonchev–Trinajstić information content (AvgIpc) is 2.72. The van der Waals surface area contributed by atoms with Gasteiger partial charge in [-0.1, -0.05) is 60.8 Å². The number of nitrogens with zero attached hydrogens (tertiary/aromatic N) is 1. The molecule has 2 aromatic rings. The van der Waals surface area contributed by atoms with Crippen molar-refractivity contribution in [3.05, 3.63) is 69.7 Å². The number of halogens is 2. The number of ether oxygens (including phenoxy) is 2. The summed E-state index contributed by atoms with van der Waals surface area (Å²) in [5.41, 5.74) is 6.94. The van der Waals surface area contributed by atoms with Crippen molar-refractivity contribution in [2.24, 2.45) is 5.73 Å². The lowest BCUT2D eigenvalue weighted by Crippen LogP contribution is -2.52. The number of nitrogens with two attached hydrogens (primary N) is 1. The lowest BCUT2D eigenvalue weighted by Gasteiger charge is -2.45. The third kappa shape index (κ3) is 5.25. The lowest BCUT2D eigenvalue weighted by atomic mass is 9.91. The van der Waals surface area contributed by atoms with Crippen LogP contribution in [0.3, 0.4) is 0 Å². The Kier molecular flexibility index (Phi) is 7.58. The van der Waals surface area contributed by atoms with E-state index in [9.17, 15) is 9.59 Å². The number of amides is 2. The van der Waals surface area contributed by atoms with Crippen LogP contribution in [0, 0.1) is 0 Å². The van der Waals surface area contributed by atoms with Gasteiger partial charge in [0.25, 0.3) is 0 Å². The molecule has 1 unspecified atom stereocenters. The van der Waals surface area contributed by atoms with Gasteiger partial charge in [-0.05, 0) is 41.8 Å². The zero-order valence-corrected chi connectivity index (χ0v) is 18.1. The zero-order valence-electron chi connectivity index (χ0n) is 16.6. The third-order valence-electron chi connectivity index (χ3n) is 5.10. The molecule has 30 heavy (non-hydrogen) atoms. The molecule has 0 saturated carbocycles. The highest BCUT2D eigenvalue weighted by atomic mass is 35.5. The molecule has 2 N–H and O–H groups in total. The molecule has 0 spiro atoms. The molecule has 160 valence electrons. The minimum absolute atomic E-state index is 0.0202. The summed E-state index contributed by atoms with van der Waals surface area (Å²) in [5.74, 6) is -0.174. The van der Waals surface area contributed by atoms with Gasteiger partial charge in [-0.25, -0.2) is 4.79 Å². The van der Waals surface area contributed by atoms with Gasteiger partial charge in [0.2, 0.25) is 5.91 Å². The van der Waals surface area contributed by atoms with Gasteiger partial charge in [0.15, 0.2) is 0 Å². The topological polar surface area (TPSA) is 81.9 Å². The molecule has 1 saturated heterocycles. The smallest absolute Gasteiger partial charge is 0.404 e. The van der Waals surface area contributed by atoms with Crippen LogP contribution in [-0.2, 0) is 14.3 Å². The first kappa shape index (κ1) is 22.4. The van der Waals surface area contributed by atoms with Gasteiger partial charge < -0.3 is 20.1 Å². The van der Waals surface area contributed by atoms with Crippen molar-refractivity contribution in [1.82, 2.24) is 4.90 Å². The summed E-state index contributed by atoms with van der Waals surface area (Å²) in [6.45, 7) is 1.96. The molecule has 1 aliphatic heterocycles. The quantitative estimate of drug-likeness (QED) is 0.650. The van der Waals surface area contributed by atoms with Gasteiger partial charge in [0.1, 0.15) is 19.3 Å². The Morgan fingerprint density at radius 1 is 1.13 bits per heavy atom. The van der Waals surface area contributed by atoms with E-state index in [0.717, 1.165) is 17.5 Å². The first-order chi connectivity index (χ1) is 14.4. The van der Waals surface area contributed by atoms with E-state index >= 15 is 0 Å². The van der Waals surface area contributed by atoms with Crippen LogP contribution in [0.25, 0.3) is 0 Å². The summed E-state index contributed by atoms with van der Waals surface area (Å²) >= 11 is 12.1. The third-order valence-corrected chi connectivity index (χ3v) is 5.61. The highest BCUT2D eigenvalue weighted by molar-refractivity contribution is 6.30. The molecule has 0 aliphatic carbocycles. The first-order valence-electron chi connectivity index (χ1n) is 9.76. The van der Waals surface area contributed by atoms with Gasteiger partial charge in [-0.3, -0.25) is 4.79 Å². The molecule has 0 radical (unpaired) electrons. The number of morpholine rings is 1. The molecular formula is C22H24Cl2N2O4. The molecule has 6 nitrogen and oxygen atoms in total. The molecular weight excluding hydrogens is 427 g/mol. The predicted octanol–water partition coefficient (Wildman–Crippen LogP) is 4.90. The van der Waals surface area contributed by atoms with Crippen molar-refractivity contribution in [2.75, 3.05) is 13.2 Å². The minimum atomic E-state index is -0.867. The van der Waals surface area contributed by atoms with Crippen LogP contribution in [0.5, 0.6) is 0 Å². The molecule has 1 aliphatic rings. The van der Waals surface area contributed by atoms with E-state index in [1.807, 2.05) is 31.2 Å². The SMILES string of the molecule is CCCC(COC(N)=O)N1C(=O)CO[C@H](c2ccc(Cl)cc2)[C@@H]1c1ccc(Cl)cc1. The van der Waals surface area contributed by atoms with Crippen molar-refractivity contribution in [3.63, 3.8) is 0 Å². The van der Waals surface area contributed by atoms with E-state index in [2.05, 4.69) is 0 Å². The second-order valence-corrected chi connectivity index (χ2v) is 8.03. The standard InChI is InChI=1S/C22H24Cl2N2O4/c1-2-3-18(12-30-22(25)28)26-19(27)13-29-21(15-6-10-17(24)11-7-15)20(26)14-4-8-16(23)9-5-14/h4-11,18,20-21H,2-3,12-13H2,1H3,(H2,25,28)/t18?,20-,21+/m0/s1. The number of rotatable bonds is 7. The normalized spacial score (nSPS) is 20.1. The first-order valence-corrected chi connectivity index (χ1v) is 10.5. The second kappa shape index (κ2) is 10.2. The van der Waals surface area contributed by atoms with Crippen LogP contribution in [0.15, 0.2) is 48.5 Å². The van der Waals surface area contributed by atoms with Gasteiger partial charge in [0, 0.05) is 10.0 Å². The van der Waals surface area contributed by atoms with Gasteiger partial charge in [-0.2, -0.15) is 0 Å². The number of carbonyl (C=O) groups is 2. The predicted molar refractivity (Wildman–Crippen MR) is 115 cm³/mol. The van der Waals surface area contributed by atoms with E-state index in [4.69, 9.17) is 38.4 Å². The van der Waals surface area contributed by atoms with Crippen molar-refractivity contribution >= 4 is 35.2 Å². The Bertz CT molecular complexity index is 874. The van der Waals surface area contributed by atoms with E-state index in [-0.39, 0.29) is 25.2 Å². The Labute approximate surface area is 185 Å². The highest BCUT2D eigenvalue weighted by Crippen LogP contribution is 2.42. The van der Waals surface area contributed by atoms with E-state index in [1.165, 1.54) is 0 Å². The molecule has 0 bridgehead atoms. The summed E-state index contributed by atoms with van der Waals surface area (Å²) in [4.78, 5) is 26.0. The van der Waals surface area contributed by atoms with Gasteiger partial charge in [0.05, 0.1) is 12.1 Å². The lowest BCUT2D eigenvalue weighted by molar-refractivity contribution is -0.165. The van der Waals surface area contributed by atoms with Gasteiger partial charge in [-0.15, -0.1) is 0 Å². The van der Waals surface area contributed by atoms with E-state index in [0.29, 0.717) is 16.5 Å². The monoisotopic (exact) mass is 450 g/mol. The maximum atomic E-state index is 13.0. The Morgan fingerprint density at radius 3 is 2.23 bits per heavy atom. The maximum absolute atomic E-state index is 13.0. The molecule has 8 heteroatoms. The molecule has 2 amide bonds.